The summed E-state index contributed by atoms with van der Waals surface area (Å²) in [6.45, 7) is 11.6. The van der Waals surface area contributed by atoms with Gasteiger partial charge in [-0.05, 0) is 29.3 Å². The summed E-state index contributed by atoms with van der Waals surface area (Å²) in [6, 6.07) is 0. The average Bonchev–Trinajstić information content (AvgIpc) is 2.82. The topological polar surface area (TPSA) is 37.8 Å². The maximum absolute atomic E-state index is 4.84. The molecule has 0 aliphatic carbocycles. The standard InChI is InChI=1S/C16H22BrN3S/c1-6-7-18-14-10(2)13(11-8-21-9-12(11)17)19-15(20-14)16(3,4)5/h8-9H,6-7H2,1-5H3,(H,18,19,20). The summed E-state index contributed by atoms with van der Waals surface area (Å²) in [7, 11) is 0. The zero-order valence-electron chi connectivity index (χ0n) is 13.2. The van der Waals surface area contributed by atoms with E-state index in [9.17, 15) is 0 Å². The minimum absolute atomic E-state index is 0.0758. The molecule has 0 unspecified atom stereocenters. The smallest absolute Gasteiger partial charge is 0.136 e. The summed E-state index contributed by atoms with van der Waals surface area (Å²) in [5.74, 6) is 1.82. The van der Waals surface area contributed by atoms with E-state index in [0.717, 1.165) is 45.9 Å². The van der Waals surface area contributed by atoms with Crippen molar-refractivity contribution in [1.82, 2.24) is 9.97 Å². The van der Waals surface area contributed by atoms with Gasteiger partial charge in [0.25, 0.3) is 0 Å². The lowest BCUT2D eigenvalue weighted by molar-refractivity contribution is 0.546. The summed E-state index contributed by atoms with van der Waals surface area (Å²) < 4.78 is 1.09. The Labute approximate surface area is 139 Å². The molecule has 0 radical (unpaired) electrons. The third-order valence-corrected chi connectivity index (χ3v) is 4.93. The van der Waals surface area contributed by atoms with Crippen molar-refractivity contribution in [3.63, 3.8) is 0 Å². The van der Waals surface area contributed by atoms with E-state index in [0.29, 0.717) is 0 Å². The number of rotatable bonds is 4. The molecular formula is C16H22BrN3S. The number of anilines is 1. The van der Waals surface area contributed by atoms with Gasteiger partial charge in [-0.1, -0.05) is 27.7 Å². The fourth-order valence-electron chi connectivity index (χ4n) is 1.98. The van der Waals surface area contributed by atoms with E-state index in [1.54, 1.807) is 11.3 Å². The maximum atomic E-state index is 4.84. The summed E-state index contributed by atoms with van der Waals surface area (Å²) in [5, 5.41) is 7.66. The predicted octanol–water partition coefficient (Wildman–Crippen LogP) is 5.40. The summed E-state index contributed by atoms with van der Waals surface area (Å²) >= 11 is 5.30. The predicted molar refractivity (Wildman–Crippen MR) is 95.3 cm³/mol. The van der Waals surface area contributed by atoms with E-state index in [-0.39, 0.29) is 5.41 Å². The molecule has 0 amide bonds. The van der Waals surface area contributed by atoms with Gasteiger partial charge in [-0.3, -0.25) is 0 Å². The Bertz CT molecular complexity index is 629. The Kier molecular flexibility index (Phi) is 5.04. The van der Waals surface area contributed by atoms with Crippen LogP contribution in [0.4, 0.5) is 5.82 Å². The monoisotopic (exact) mass is 367 g/mol. The second-order valence-corrected chi connectivity index (χ2v) is 7.78. The van der Waals surface area contributed by atoms with Gasteiger partial charge in [0.1, 0.15) is 11.6 Å². The van der Waals surface area contributed by atoms with Crippen LogP contribution < -0.4 is 5.32 Å². The van der Waals surface area contributed by atoms with Crippen LogP contribution in [0, 0.1) is 6.92 Å². The highest BCUT2D eigenvalue weighted by Gasteiger charge is 2.22. The van der Waals surface area contributed by atoms with Crippen molar-refractivity contribution in [2.24, 2.45) is 0 Å². The van der Waals surface area contributed by atoms with Crippen molar-refractivity contribution in [1.29, 1.82) is 0 Å². The quantitative estimate of drug-likeness (QED) is 0.786. The van der Waals surface area contributed by atoms with Gasteiger partial charge in [0.2, 0.25) is 0 Å². The fourth-order valence-corrected chi connectivity index (χ4v) is 3.45. The number of halogens is 1. The number of hydrogen-bond donors (Lipinski definition) is 1. The second-order valence-electron chi connectivity index (χ2n) is 6.18. The molecule has 0 aliphatic rings. The highest BCUT2D eigenvalue weighted by molar-refractivity contribution is 9.10. The van der Waals surface area contributed by atoms with Crippen molar-refractivity contribution in [3.8, 4) is 11.3 Å². The minimum Gasteiger partial charge on any atom is -0.370 e. The molecule has 0 atom stereocenters. The Morgan fingerprint density at radius 3 is 2.48 bits per heavy atom. The molecule has 0 saturated carbocycles. The molecule has 0 aliphatic heterocycles. The van der Waals surface area contributed by atoms with Crippen LogP contribution in [0.1, 0.15) is 45.5 Å². The Morgan fingerprint density at radius 2 is 1.95 bits per heavy atom. The molecule has 2 rings (SSSR count). The van der Waals surface area contributed by atoms with Crippen LogP contribution in [0.25, 0.3) is 11.3 Å². The highest BCUT2D eigenvalue weighted by Crippen LogP contribution is 2.35. The van der Waals surface area contributed by atoms with Gasteiger partial charge in [-0.2, -0.15) is 11.3 Å². The molecule has 2 heterocycles. The molecule has 0 spiro atoms. The lowest BCUT2D eigenvalue weighted by Crippen LogP contribution is -2.19. The normalized spacial score (nSPS) is 11.7. The molecule has 2 aromatic rings. The number of nitrogens with zero attached hydrogens (tertiary/aromatic N) is 2. The van der Waals surface area contributed by atoms with Gasteiger partial charge in [0.15, 0.2) is 0 Å². The Morgan fingerprint density at radius 1 is 1.24 bits per heavy atom. The summed E-state index contributed by atoms with van der Waals surface area (Å²) in [4.78, 5) is 9.59. The molecule has 5 heteroatoms. The van der Waals surface area contributed by atoms with Crippen LogP contribution in [0.5, 0.6) is 0 Å². The van der Waals surface area contributed by atoms with E-state index in [1.807, 2.05) is 0 Å². The number of nitrogens with one attached hydrogen (secondary N) is 1. The van der Waals surface area contributed by atoms with Crippen LogP contribution in [0.15, 0.2) is 15.2 Å². The SMILES string of the molecule is CCCNc1nc(C(C)(C)C)nc(-c2cscc2Br)c1C. The molecule has 114 valence electrons. The first-order valence-electron chi connectivity index (χ1n) is 7.19. The molecule has 2 aromatic heterocycles. The largest absolute Gasteiger partial charge is 0.370 e. The minimum atomic E-state index is -0.0758. The number of thiophene rings is 1. The van der Waals surface area contributed by atoms with Gasteiger partial charge >= 0.3 is 0 Å². The molecule has 0 aromatic carbocycles. The summed E-state index contributed by atoms with van der Waals surface area (Å²) in [6.07, 6.45) is 1.08. The first-order valence-corrected chi connectivity index (χ1v) is 8.93. The maximum Gasteiger partial charge on any atom is 0.136 e. The molecule has 0 fully saturated rings. The van der Waals surface area contributed by atoms with Crippen molar-refractivity contribution >= 4 is 33.1 Å². The van der Waals surface area contributed by atoms with E-state index < -0.39 is 0 Å². The zero-order valence-corrected chi connectivity index (χ0v) is 15.7. The van der Waals surface area contributed by atoms with Crippen LogP contribution in [0.3, 0.4) is 0 Å². The fraction of sp³-hybridized carbons (Fsp3) is 0.500. The third kappa shape index (κ3) is 3.64. The number of hydrogen-bond acceptors (Lipinski definition) is 4. The van der Waals surface area contributed by atoms with Crippen LogP contribution in [-0.4, -0.2) is 16.5 Å². The van der Waals surface area contributed by atoms with E-state index >= 15 is 0 Å². The lowest BCUT2D eigenvalue weighted by Gasteiger charge is -2.21. The highest BCUT2D eigenvalue weighted by atomic mass is 79.9. The van der Waals surface area contributed by atoms with E-state index in [4.69, 9.17) is 9.97 Å². The third-order valence-electron chi connectivity index (χ3n) is 3.23. The Balaban J connectivity index is 2.60. The lowest BCUT2D eigenvalue weighted by atomic mass is 9.95. The van der Waals surface area contributed by atoms with Crippen LogP contribution in [0.2, 0.25) is 0 Å². The van der Waals surface area contributed by atoms with E-state index in [2.05, 4.69) is 66.6 Å². The summed E-state index contributed by atoms with van der Waals surface area (Å²) in [5.41, 5.74) is 3.19. The van der Waals surface area contributed by atoms with E-state index in [1.165, 1.54) is 0 Å². The Hall–Kier alpha value is -0.940. The van der Waals surface area contributed by atoms with Gasteiger partial charge in [-0.25, -0.2) is 9.97 Å². The van der Waals surface area contributed by atoms with Crippen LogP contribution in [-0.2, 0) is 5.41 Å². The second kappa shape index (κ2) is 6.44. The molecule has 1 N–H and O–H groups in total. The van der Waals surface area contributed by atoms with Gasteiger partial charge in [0, 0.05) is 38.3 Å². The van der Waals surface area contributed by atoms with Crippen molar-refractivity contribution in [2.45, 2.75) is 46.5 Å². The number of aromatic nitrogens is 2. The average molecular weight is 368 g/mol. The zero-order chi connectivity index (χ0) is 15.6. The first kappa shape index (κ1) is 16.4. The molecule has 21 heavy (non-hydrogen) atoms. The van der Waals surface area contributed by atoms with Gasteiger partial charge in [-0.15, -0.1) is 0 Å². The molecule has 0 saturated heterocycles. The molecule has 3 nitrogen and oxygen atoms in total. The van der Waals surface area contributed by atoms with Crippen LogP contribution >= 0.6 is 27.3 Å². The van der Waals surface area contributed by atoms with Crippen molar-refractivity contribution < 1.29 is 0 Å². The van der Waals surface area contributed by atoms with Crippen molar-refractivity contribution in [2.75, 3.05) is 11.9 Å². The van der Waals surface area contributed by atoms with Crippen molar-refractivity contribution in [3.05, 3.63) is 26.6 Å². The molecular weight excluding hydrogens is 346 g/mol. The first-order chi connectivity index (χ1) is 9.84. The van der Waals surface area contributed by atoms with Gasteiger partial charge in [0.05, 0.1) is 5.69 Å². The van der Waals surface area contributed by atoms with Gasteiger partial charge < -0.3 is 5.32 Å². The molecule has 0 bridgehead atoms.